The van der Waals surface area contributed by atoms with Gasteiger partial charge in [0.05, 0.1) is 0 Å². The van der Waals surface area contributed by atoms with Gasteiger partial charge in [-0.1, -0.05) is 6.07 Å². The topological polar surface area (TPSA) is 68.5 Å². The van der Waals surface area contributed by atoms with Crippen LogP contribution in [0.15, 0.2) is 36.5 Å². The number of benzene rings is 1. The first-order valence-electron chi connectivity index (χ1n) is 6.35. The van der Waals surface area contributed by atoms with Crippen molar-refractivity contribution in [3.8, 4) is 11.5 Å². The summed E-state index contributed by atoms with van der Waals surface area (Å²) in [7, 11) is 3.27. The summed E-state index contributed by atoms with van der Waals surface area (Å²) in [5.74, 6) is 0.0907. The molecule has 0 unspecified atom stereocenters. The van der Waals surface area contributed by atoms with Crippen molar-refractivity contribution in [2.24, 2.45) is 5.73 Å². The van der Waals surface area contributed by atoms with Gasteiger partial charge < -0.3 is 15.4 Å². The molecule has 0 radical (unpaired) electrons. The van der Waals surface area contributed by atoms with Gasteiger partial charge in [0.25, 0.3) is 5.91 Å². The number of nitrogens with two attached hydrogens (primary N) is 1. The lowest BCUT2D eigenvalue weighted by atomic mass is 10.2. The fourth-order valence-corrected chi connectivity index (χ4v) is 1.71. The van der Waals surface area contributed by atoms with Crippen LogP contribution in [0.4, 0.5) is 4.39 Å². The summed E-state index contributed by atoms with van der Waals surface area (Å²) in [6.07, 6.45) is 1.47. The third-order valence-electron chi connectivity index (χ3n) is 2.84. The Morgan fingerprint density at radius 1 is 1.29 bits per heavy atom. The Morgan fingerprint density at radius 3 is 2.62 bits per heavy atom. The fourth-order valence-electron chi connectivity index (χ4n) is 1.71. The average molecular weight is 289 g/mol. The molecule has 0 atom stereocenters. The quantitative estimate of drug-likeness (QED) is 0.936. The molecule has 5 nitrogen and oxygen atoms in total. The van der Waals surface area contributed by atoms with Crippen molar-refractivity contribution >= 4 is 5.91 Å². The highest BCUT2D eigenvalue weighted by Gasteiger charge is 2.11. The van der Waals surface area contributed by atoms with Crippen molar-refractivity contribution in [1.82, 2.24) is 9.88 Å². The summed E-state index contributed by atoms with van der Waals surface area (Å²) in [6.45, 7) is 0.128. The molecule has 2 aromatic rings. The number of hydrogen-bond acceptors (Lipinski definition) is 4. The van der Waals surface area contributed by atoms with Crippen LogP contribution in [-0.2, 0) is 6.54 Å². The number of amides is 1. The maximum atomic E-state index is 13.6. The maximum absolute atomic E-state index is 13.6. The monoisotopic (exact) mass is 289 g/mol. The molecule has 0 saturated carbocycles. The van der Waals surface area contributed by atoms with Gasteiger partial charge in [0.2, 0.25) is 0 Å². The molecule has 0 aliphatic heterocycles. The van der Waals surface area contributed by atoms with Crippen LogP contribution in [0.1, 0.15) is 16.1 Å². The molecule has 1 aromatic carbocycles. The highest BCUT2D eigenvalue weighted by atomic mass is 19.1. The minimum absolute atomic E-state index is 0.128. The Labute approximate surface area is 122 Å². The first kappa shape index (κ1) is 14.9. The number of aromatic nitrogens is 1. The number of hydrogen-bond donors (Lipinski definition) is 1. The summed E-state index contributed by atoms with van der Waals surface area (Å²) < 4.78 is 19.2. The standard InChI is InChI=1S/C15H16FN3O2/c1-19(2)15(20)14-8-12(5-6-18-14)21-11-4-3-10(9-17)13(16)7-11/h3-8H,9,17H2,1-2H3. The highest BCUT2D eigenvalue weighted by Crippen LogP contribution is 2.23. The van der Waals surface area contributed by atoms with E-state index in [9.17, 15) is 9.18 Å². The molecule has 0 spiro atoms. The zero-order chi connectivity index (χ0) is 15.4. The van der Waals surface area contributed by atoms with Crippen LogP contribution < -0.4 is 10.5 Å². The third-order valence-corrected chi connectivity index (χ3v) is 2.84. The lowest BCUT2D eigenvalue weighted by Gasteiger charge is -2.11. The number of ether oxygens (including phenoxy) is 1. The molecule has 1 heterocycles. The molecular weight excluding hydrogens is 273 g/mol. The van der Waals surface area contributed by atoms with Gasteiger partial charge in [-0.05, 0) is 12.1 Å². The van der Waals surface area contributed by atoms with E-state index in [0.29, 0.717) is 17.1 Å². The van der Waals surface area contributed by atoms with Gasteiger partial charge >= 0.3 is 0 Å². The number of pyridine rings is 1. The predicted octanol–water partition coefficient (Wildman–Crippen LogP) is 2.17. The summed E-state index contributed by atoms with van der Waals surface area (Å²) in [5.41, 5.74) is 6.08. The maximum Gasteiger partial charge on any atom is 0.272 e. The number of halogens is 1. The van der Waals surface area contributed by atoms with E-state index in [0.717, 1.165) is 0 Å². The third kappa shape index (κ3) is 3.55. The minimum atomic E-state index is -0.423. The number of carbonyl (C=O) groups excluding carboxylic acids is 1. The van der Waals surface area contributed by atoms with Gasteiger partial charge in [-0.25, -0.2) is 4.39 Å². The Morgan fingerprint density at radius 2 is 2.00 bits per heavy atom. The Kier molecular flexibility index (Phi) is 4.49. The average Bonchev–Trinajstić information content (AvgIpc) is 2.47. The van der Waals surface area contributed by atoms with Gasteiger partial charge in [0, 0.05) is 44.5 Å². The molecule has 2 rings (SSSR count). The van der Waals surface area contributed by atoms with E-state index >= 15 is 0 Å². The van der Waals surface area contributed by atoms with E-state index in [4.69, 9.17) is 10.5 Å². The summed E-state index contributed by atoms with van der Waals surface area (Å²) in [4.78, 5) is 17.2. The smallest absolute Gasteiger partial charge is 0.272 e. The summed E-state index contributed by atoms with van der Waals surface area (Å²) >= 11 is 0. The van der Waals surface area contributed by atoms with Crippen molar-refractivity contribution in [2.75, 3.05) is 14.1 Å². The summed E-state index contributed by atoms with van der Waals surface area (Å²) in [5, 5.41) is 0. The molecule has 0 fully saturated rings. The van der Waals surface area contributed by atoms with Crippen LogP contribution >= 0.6 is 0 Å². The van der Waals surface area contributed by atoms with Crippen LogP contribution in [0.2, 0.25) is 0 Å². The molecular formula is C15H16FN3O2. The van der Waals surface area contributed by atoms with Crippen LogP contribution in [0.3, 0.4) is 0 Å². The van der Waals surface area contributed by atoms with E-state index in [1.165, 1.54) is 23.2 Å². The molecule has 0 aliphatic carbocycles. The van der Waals surface area contributed by atoms with E-state index in [1.54, 1.807) is 32.3 Å². The molecule has 110 valence electrons. The largest absolute Gasteiger partial charge is 0.457 e. The summed E-state index contributed by atoms with van der Waals surface area (Å²) in [6, 6.07) is 7.56. The number of nitrogens with zero attached hydrogens (tertiary/aromatic N) is 2. The number of carbonyl (C=O) groups is 1. The fraction of sp³-hybridized carbons (Fsp3) is 0.200. The van der Waals surface area contributed by atoms with Crippen molar-refractivity contribution < 1.29 is 13.9 Å². The zero-order valence-corrected chi connectivity index (χ0v) is 11.8. The van der Waals surface area contributed by atoms with Crippen LogP contribution in [0.5, 0.6) is 11.5 Å². The van der Waals surface area contributed by atoms with Gasteiger partial charge in [-0.15, -0.1) is 0 Å². The van der Waals surface area contributed by atoms with Crippen molar-refractivity contribution in [1.29, 1.82) is 0 Å². The van der Waals surface area contributed by atoms with Gasteiger partial charge in [-0.2, -0.15) is 0 Å². The Hall–Kier alpha value is -2.47. The van der Waals surface area contributed by atoms with Crippen LogP contribution in [-0.4, -0.2) is 29.9 Å². The Balaban J connectivity index is 2.22. The second kappa shape index (κ2) is 6.32. The normalized spacial score (nSPS) is 10.3. The predicted molar refractivity (Wildman–Crippen MR) is 76.6 cm³/mol. The van der Waals surface area contributed by atoms with Gasteiger partial charge in [-0.3, -0.25) is 9.78 Å². The minimum Gasteiger partial charge on any atom is -0.457 e. The molecule has 1 amide bonds. The highest BCUT2D eigenvalue weighted by molar-refractivity contribution is 5.92. The molecule has 1 aromatic heterocycles. The SMILES string of the molecule is CN(C)C(=O)c1cc(Oc2ccc(CN)c(F)c2)ccn1. The van der Waals surface area contributed by atoms with Crippen molar-refractivity contribution in [3.05, 3.63) is 53.6 Å². The lowest BCUT2D eigenvalue weighted by Crippen LogP contribution is -2.22. The van der Waals surface area contributed by atoms with E-state index in [-0.39, 0.29) is 18.1 Å². The van der Waals surface area contributed by atoms with Crippen LogP contribution in [0.25, 0.3) is 0 Å². The molecule has 0 bridgehead atoms. The van der Waals surface area contributed by atoms with E-state index in [1.807, 2.05) is 0 Å². The Bertz CT molecular complexity index is 659. The van der Waals surface area contributed by atoms with Gasteiger partial charge in [0.1, 0.15) is 23.0 Å². The molecule has 21 heavy (non-hydrogen) atoms. The van der Waals surface area contributed by atoms with Crippen molar-refractivity contribution in [3.63, 3.8) is 0 Å². The number of rotatable bonds is 4. The van der Waals surface area contributed by atoms with E-state index < -0.39 is 5.82 Å². The second-order valence-corrected chi connectivity index (χ2v) is 4.64. The zero-order valence-electron chi connectivity index (χ0n) is 11.8. The van der Waals surface area contributed by atoms with E-state index in [2.05, 4.69) is 4.98 Å². The van der Waals surface area contributed by atoms with Gasteiger partial charge in [0.15, 0.2) is 0 Å². The van der Waals surface area contributed by atoms with Crippen molar-refractivity contribution in [2.45, 2.75) is 6.54 Å². The second-order valence-electron chi connectivity index (χ2n) is 4.64. The molecule has 6 heteroatoms. The lowest BCUT2D eigenvalue weighted by molar-refractivity contribution is 0.0821. The first-order valence-corrected chi connectivity index (χ1v) is 6.35. The first-order chi connectivity index (χ1) is 10.0. The molecule has 2 N–H and O–H groups in total. The molecule has 0 saturated heterocycles. The van der Waals surface area contributed by atoms with Crippen LogP contribution in [0, 0.1) is 5.82 Å². The molecule has 0 aliphatic rings.